The van der Waals surface area contributed by atoms with E-state index in [-0.39, 0.29) is 24.0 Å². The molecule has 6 heteroatoms. The first-order chi connectivity index (χ1) is 10.0. The maximum atomic E-state index is 12.3. The minimum Gasteiger partial charge on any atom is -0.336 e. The fraction of sp³-hybridized carbons (Fsp3) is 0.467. The zero-order chi connectivity index (χ0) is 15.4. The highest BCUT2D eigenvalue weighted by molar-refractivity contribution is 9.10. The summed E-state index contributed by atoms with van der Waals surface area (Å²) in [6.07, 6.45) is 0.922. The van der Waals surface area contributed by atoms with Gasteiger partial charge in [0, 0.05) is 29.5 Å². The van der Waals surface area contributed by atoms with Gasteiger partial charge in [0.1, 0.15) is 6.04 Å². The Balaban J connectivity index is 2.02. The van der Waals surface area contributed by atoms with Gasteiger partial charge in [-0.25, -0.2) is 4.79 Å². The van der Waals surface area contributed by atoms with Crippen molar-refractivity contribution in [3.05, 3.63) is 34.3 Å². The van der Waals surface area contributed by atoms with Crippen LogP contribution in [0.1, 0.15) is 31.9 Å². The largest absolute Gasteiger partial charge is 0.336 e. The average Bonchev–Trinajstić information content (AvgIpc) is 2.91. The summed E-state index contributed by atoms with van der Waals surface area (Å²) in [5.41, 5.74) is 1.19. The second kappa shape index (κ2) is 7.04. The number of rotatable bonds is 5. The summed E-state index contributed by atoms with van der Waals surface area (Å²) >= 11 is 3.43. The second-order valence-electron chi connectivity index (χ2n) is 5.27. The van der Waals surface area contributed by atoms with Crippen molar-refractivity contribution >= 4 is 27.9 Å². The van der Waals surface area contributed by atoms with Gasteiger partial charge < -0.3 is 10.6 Å². The highest BCUT2D eigenvalue weighted by atomic mass is 79.9. The number of carbonyl (C=O) groups excluding carboxylic acids is 2. The van der Waals surface area contributed by atoms with E-state index in [1.54, 1.807) is 0 Å². The number of nitrogens with one attached hydrogen (secondary N) is 1. The molecule has 1 saturated heterocycles. The van der Waals surface area contributed by atoms with E-state index in [2.05, 4.69) is 40.3 Å². The van der Waals surface area contributed by atoms with Gasteiger partial charge in [0.15, 0.2) is 6.04 Å². The molecule has 3 N–H and O–H groups in total. The van der Waals surface area contributed by atoms with E-state index in [1.165, 1.54) is 10.5 Å². The fourth-order valence-corrected chi connectivity index (χ4v) is 2.82. The number of halogens is 1. The molecule has 5 nitrogen and oxygen atoms in total. The van der Waals surface area contributed by atoms with Gasteiger partial charge in [-0.1, -0.05) is 35.0 Å². The Morgan fingerprint density at radius 1 is 1.43 bits per heavy atom. The first kappa shape index (κ1) is 16.0. The lowest BCUT2D eigenvalue weighted by Crippen LogP contribution is -2.92. The first-order valence-electron chi connectivity index (χ1n) is 7.22. The number of hydrogen-bond donors (Lipinski definition) is 2. The van der Waals surface area contributed by atoms with Crippen LogP contribution in [-0.4, -0.2) is 36.0 Å². The smallest absolute Gasteiger partial charge is 0.324 e. The van der Waals surface area contributed by atoms with E-state index in [4.69, 9.17) is 0 Å². The van der Waals surface area contributed by atoms with Gasteiger partial charge in [-0.3, -0.25) is 9.69 Å². The third-order valence-corrected chi connectivity index (χ3v) is 4.30. The van der Waals surface area contributed by atoms with Gasteiger partial charge in [-0.05, 0) is 19.1 Å². The van der Waals surface area contributed by atoms with Crippen molar-refractivity contribution in [3.63, 3.8) is 0 Å². The van der Waals surface area contributed by atoms with Crippen molar-refractivity contribution in [2.45, 2.75) is 32.4 Å². The third-order valence-electron chi connectivity index (χ3n) is 3.77. The highest BCUT2D eigenvalue weighted by Crippen LogP contribution is 2.16. The lowest BCUT2D eigenvalue weighted by atomic mass is 10.0. The number of nitrogens with two attached hydrogens (primary N) is 1. The molecule has 0 radical (unpaired) electrons. The molecule has 1 aliphatic heterocycles. The quantitative estimate of drug-likeness (QED) is 0.839. The maximum absolute atomic E-state index is 12.3. The second-order valence-corrected chi connectivity index (χ2v) is 6.18. The van der Waals surface area contributed by atoms with Crippen LogP contribution in [0.5, 0.6) is 0 Å². The summed E-state index contributed by atoms with van der Waals surface area (Å²) in [6.45, 7) is 4.96. The molecule has 0 aromatic heterocycles. The number of nitrogens with zero attached hydrogens (tertiary/aromatic N) is 1. The Morgan fingerprint density at radius 3 is 2.62 bits per heavy atom. The van der Waals surface area contributed by atoms with Gasteiger partial charge in [0.25, 0.3) is 5.91 Å². The van der Waals surface area contributed by atoms with Crippen LogP contribution < -0.4 is 10.6 Å². The minimum atomic E-state index is -0.281. The van der Waals surface area contributed by atoms with Crippen molar-refractivity contribution in [1.82, 2.24) is 10.2 Å². The highest BCUT2D eigenvalue weighted by Gasteiger charge is 2.32. The average molecular weight is 355 g/mol. The van der Waals surface area contributed by atoms with E-state index >= 15 is 0 Å². The van der Waals surface area contributed by atoms with Crippen LogP contribution in [0.15, 0.2) is 28.7 Å². The van der Waals surface area contributed by atoms with E-state index in [1.807, 2.05) is 24.4 Å². The molecule has 0 unspecified atom stereocenters. The molecule has 3 amide bonds. The standard InChI is InChI=1S/C15H20BrN3O2/c1-3-13(11-4-6-12(16)7-5-11)18-10(2)14(20)19-9-8-17-15(19)21/h4-7,10,13,18H,3,8-9H2,1-2H3,(H,17,21)/p+1/t10-,13+/m0/s1. The van der Waals surface area contributed by atoms with Gasteiger partial charge in [0.05, 0.1) is 0 Å². The molecule has 114 valence electrons. The fourth-order valence-electron chi connectivity index (χ4n) is 2.55. The lowest BCUT2D eigenvalue weighted by Gasteiger charge is -2.21. The predicted molar refractivity (Wildman–Crippen MR) is 83.7 cm³/mol. The van der Waals surface area contributed by atoms with Crippen molar-refractivity contribution in [1.29, 1.82) is 0 Å². The molecule has 2 rings (SSSR count). The number of amides is 3. The lowest BCUT2D eigenvalue weighted by molar-refractivity contribution is -0.714. The number of urea groups is 1. The molecule has 0 spiro atoms. The van der Waals surface area contributed by atoms with E-state index in [0.717, 1.165) is 10.9 Å². The number of hydrogen-bond acceptors (Lipinski definition) is 2. The molecule has 0 bridgehead atoms. The van der Waals surface area contributed by atoms with E-state index in [9.17, 15) is 9.59 Å². The van der Waals surface area contributed by atoms with Crippen molar-refractivity contribution < 1.29 is 14.9 Å². The normalized spacial score (nSPS) is 17.5. The molecule has 1 aromatic rings. The monoisotopic (exact) mass is 354 g/mol. The molecular weight excluding hydrogens is 334 g/mol. The molecular formula is C15H21BrN3O2+. The number of imide groups is 1. The van der Waals surface area contributed by atoms with Crippen LogP contribution in [0.25, 0.3) is 0 Å². The van der Waals surface area contributed by atoms with Gasteiger partial charge >= 0.3 is 6.03 Å². The predicted octanol–water partition coefficient (Wildman–Crippen LogP) is 1.40. The number of benzene rings is 1. The Labute approximate surface area is 133 Å². The van der Waals surface area contributed by atoms with Gasteiger partial charge in [0.2, 0.25) is 0 Å². The summed E-state index contributed by atoms with van der Waals surface area (Å²) < 4.78 is 1.04. The van der Waals surface area contributed by atoms with E-state index in [0.29, 0.717) is 13.1 Å². The van der Waals surface area contributed by atoms with Crippen molar-refractivity contribution in [2.75, 3.05) is 13.1 Å². The van der Waals surface area contributed by atoms with Crippen molar-refractivity contribution in [2.24, 2.45) is 0 Å². The maximum Gasteiger partial charge on any atom is 0.324 e. The Hall–Kier alpha value is -1.40. The SMILES string of the molecule is CC[C@@H]([NH2+][C@@H](C)C(=O)N1CCNC1=O)c1ccc(Br)cc1. The van der Waals surface area contributed by atoms with E-state index < -0.39 is 0 Å². The molecule has 1 aromatic carbocycles. The van der Waals surface area contributed by atoms with Crippen LogP contribution >= 0.6 is 15.9 Å². The van der Waals surface area contributed by atoms with Crippen LogP contribution in [0.3, 0.4) is 0 Å². The molecule has 0 saturated carbocycles. The topological polar surface area (TPSA) is 66.0 Å². The van der Waals surface area contributed by atoms with Gasteiger partial charge in [-0.15, -0.1) is 0 Å². The van der Waals surface area contributed by atoms with Crippen LogP contribution in [-0.2, 0) is 4.79 Å². The Bertz CT molecular complexity index is 518. The summed E-state index contributed by atoms with van der Waals surface area (Å²) in [6, 6.07) is 7.80. The Morgan fingerprint density at radius 2 is 2.10 bits per heavy atom. The molecule has 0 aliphatic carbocycles. The number of quaternary nitrogens is 1. The molecule has 1 heterocycles. The summed E-state index contributed by atoms with van der Waals surface area (Å²) in [4.78, 5) is 25.2. The summed E-state index contributed by atoms with van der Waals surface area (Å²) in [5, 5.41) is 4.70. The molecule has 1 aliphatic rings. The van der Waals surface area contributed by atoms with Crippen LogP contribution in [0.2, 0.25) is 0 Å². The Kier molecular flexibility index (Phi) is 5.36. The molecule has 2 atom stereocenters. The first-order valence-corrected chi connectivity index (χ1v) is 8.02. The van der Waals surface area contributed by atoms with Crippen LogP contribution in [0.4, 0.5) is 4.79 Å². The van der Waals surface area contributed by atoms with Crippen LogP contribution in [0, 0.1) is 0 Å². The molecule has 21 heavy (non-hydrogen) atoms. The molecule has 1 fully saturated rings. The summed E-state index contributed by atoms with van der Waals surface area (Å²) in [7, 11) is 0. The number of carbonyl (C=O) groups is 2. The minimum absolute atomic E-state index is 0.124. The zero-order valence-corrected chi connectivity index (χ0v) is 13.9. The summed E-state index contributed by atoms with van der Waals surface area (Å²) in [5.74, 6) is -0.124. The third kappa shape index (κ3) is 3.83. The van der Waals surface area contributed by atoms with Crippen molar-refractivity contribution in [3.8, 4) is 0 Å². The zero-order valence-electron chi connectivity index (χ0n) is 12.3. The van der Waals surface area contributed by atoms with Gasteiger partial charge in [-0.2, -0.15) is 0 Å².